The van der Waals surface area contributed by atoms with Gasteiger partial charge in [-0.1, -0.05) is 31.2 Å². The number of benzene rings is 1. The van der Waals surface area contributed by atoms with Crippen LogP contribution in [-0.2, 0) is 17.9 Å². The third-order valence-corrected chi connectivity index (χ3v) is 3.53. The lowest BCUT2D eigenvalue weighted by Gasteiger charge is -2.01. The maximum absolute atomic E-state index is 12.9. The Morgan fingerprint density at radius 1 is 1.38 bits per heavy atom. The van der Waals surface area contributed by atoms with Gasteiger partial charge in [0.25, 0.3) is 5.78 Å². The molecule has 1 aromatic carbocycles. The maximum Gasteiger partial charge on any atom is 0.351 e. The predicted octanol–water partition coefficient (Wildman–Crippen LogP) is 2.58. The molecule has 0 saturated heterocycles. The molecule has 2 aromatic heterocycles. The normalized spacial score (nSPS) is 9.85. The van der Waals surface area contributed by atoms with Crippen molar-refractivity contribution in [3.8, 4) is 0 Å². The Balaban J connectivity index is 0.000000251. The highest BCUT2D eigenvalue weighted by atomic mass is 35.5. The van der Waals surface area contributed by atoms with Crippen molar-refractivity contribution in [3.05, 3.63) is 63.0 Å². The molecule has 0 aliphatic carbocycles. The molecule has 1 N–H and O–H groups in total. The molecule has 2 heterocycles. The van der Waals surface area contributed by atoms with Crippen molar-refractivity contribution in [3.63, 3.8) is 0 Å². The van der Waals surface area contributed by atoms with Crippen LogP contribution in [-0.4, -0.2) is 25.6 Å². The van der Waals surface area contributed by atoms with Gasteiger partial charge in [-0.05, 0) is 31.0 Å². The summed E-state index contributed by atoms with van der Waals surface area (Å²) >= 11 is 5.68. The minimum atomic E-state index is -0.236. The van der Waals surface area contributed by atoms with E-state index >= 15 is 0 Å². The number of nitrogens with zero attached hydrogens (tertiary/aromatic N) is 4. The lowest BCUT2D eigenvalue weighted by atomic mass is 10.1. The molecule has 140 valence electrons. The number of carbonyl (C=O) groups excluding carboxylic acids is 1. The van der Waals surface area contributed by atoms with E-state index in [0.717, 1.165) is 5.56 Å². The van der Waals surface area contributed by atoms with Gasteiger partial charge in [0.15, 0.2) is 0 Å². The van der Waals surface area contributed by atoms with Crippen molar-refractivity contribution in [1.82, 2.24) is 24.5 Å². The zero-order chi connectivity index (χ0) is 18.4. The molecular weight excluding hydrogens is 361 g/mol. The number of amides is 1. The Hall–Kier alpha value is -2.74. The number of rotatable bonds is 4. The molecule has 0 radical (unpaired) electrons. The van der Waals surface area contributed by atoms with Gasteiger partial charge < -0.3 is 5.32 Å². The third kappa shape index (κ3) is 5.13. The quantitative estimate of drug-likeness (QED) is 0.704. The molecule has 0 aliphatic rings. The number of hydrogen-bond acceptors (Lipinski definition) is 4. The van der Waals surface area contributed by atoms with Gasteiger partial charge in [0.2, 0.25) is 6.41 Å². The average molecular weight is 382 g/mol. The standard InChI is InChI=1S/C9H10FNO.C7H7ClN4O.CH4/c1-7-2-3-8(4-9(7)10)5-11-6-12;1-2-12-7(13)11-4-5(8)3-9-6(11)10-12;/h2-4,6H,5H2,1H3,(H,11,12);3-4H,2H2,1H3;1H4. The summed E-state index contributed by atoms with van der Waals surface area (Å²) in [5.74, 6) is 0.136. The summed E-state index contributed by atoms with van der Waals surface area (Å²) in [6, 6.07) is 4.90. The van der Waals surface area contributed by atoms with Crippen LogP contribution < -0.4 is 11.0 Å². The van der Waals surface area contributed by atoms with Crippen LogP contribution >= 0.6 is 11.6 Å². The number of aryl methyl sites for hydroxylation is 2. The van der Waals surface area contributed by atoms with Crippen LogP contribution in [0.25, 0.3) is 5.78 Å². The van der Waals surface area contributed by atoms with Crippen molar-refractivity contribution in [2.24, 2.45) is 0 Å². The number of hydrogen-bond donors (Lipinski definition) is 1. The second-order valence-corrected chi connectivity index (χ2v) is 5.56. The Morgan fingerprint density at radius 2 is 2.12 bits per heavy atom. The molecule has 0 unspecified atom stereocenters. The molecule has 3 aromatic rings. The van der Waals surface area contributed by atoms with E-state index in [1.54, 1.807) is 19.1 Å². The molecule has 26 heavy (non-hydrogen) atoms. The predicted molar refractivity (Wildman–Crippen MR) is 98.7 cm³/mol. The largest absolute Gasteiger partial charge is 0.355 e. The van der Waals surface area contributed by atoms with Crippen molar-refractivity contribution in [1.29, 1.82) is 0 Å². The van der Waals surface area contributed by atoms with Crippen LogP contribution in [0, 0.1) is 12.7 Å². The second kappa shape index (κ2) is 9.67. The third-order valence-electron chi connectivity index (χ3n) is 3.33. The first-order chi connectivity index (χ1) is 12.0. The fraction of sp³-hybridized carbons (Fsp3) is 0.294. The monoisotopic (exact) mass is 381 g/mol. The Labute approximate surface area is 155 Å². The number of fused-ring (bicyclic) bond motifs is 1. The molecule has 1 amide bonds. The van der Waals surface area contributed by atoms with E-state index < -0.39 is 0 Å². The van der Waals surface area contributed by atoms with E-state index in [1.807, 2.05) is 6.92 Å². The summed E-state index contributed by atoms with van der Waals surface area (Å²) in [4.78, 5) is 25.3. The van der Waals surface area contributed by atoms with E-state index in [9.17, 15) is 14.0 Å². The van der Waals surface area contributed by atoms with Crippen LogP contribution in [0.15, 0.2) is 35.4 Å². The summed E-state index contributed by atoms with van der Waals surface area (Å²) in [5.41, 5.74) is 1.17. The van der Waals surface area contributed by atoms with Gasteiger partial charge in [-0.2, -0.15) is 0 Å². The highest BCUT2D eigenvalue weighted by molar-refractivity contribution is 6.30. The Bertz CT molecular complexity index is 939. The minimum absolute atomic E-state index is 0. The van der Waals surface area contributed by atoms with E-state index in [0.29, 0.717) is 35.9 Å². The maximum atomic E-state index is 12.9. The summed E-state index contributed by atoms with van der Waals surface area (Å²) in [5, 5.41) is 6.85. The highest BCUT2D eigenvalue weighted by Crippen LogP contribution is 2.08. The van der Waals surface area contributed by atoms with Crippen LogP contribution in [0.1, 0.15) is 25.5 Å². The molecule has 0 aliphatic heterocycles. The van der Waals surface area contributed by atoms with Gasteiger partial charge in [0.05, 0.1) is 11.2 Å². The first-order valence-electron chi connectivity index (χ1n) is 7.49. The molecule has 0 spiro atoms. The van der Waals surface area contributed by atoms with Gasteiger partial charge in [-0.15, -0.1) is 5.10 Å². The van der Waals surface area contributed by atoms with Gasteiger partial charge in [-0.3, -0.25) is 4.79 Å². The number of carbonyl (C=O) groups is 1. The summed E-state index contributed by atoms with van der Waals surface area (Å²) in [6.07, 6.45) is 3.56. The average Bonchev–Trinajstić information content (AvgIpc) is 2.92. The van der Waals surface area contributed by atoms with Crippen LogP contribution in [0.5, 0.6) is 0 Å². The topological polar surface area (TPSA) is 81.3 Å². The second-order valence-electron chi connectivity index (χ2n) is 5.12. The number of nitrogens with one attached hydrogen (secondary N) is 1. The SMILES string of the molecule is C.CCn1nc2ncc(Cl)cn2c1=O.Cc1ccc(CNC=O)cc1F. The zero-order valence-electron chi connectivity index (χ0n) is 13.7. The molecule has 7 nitrogen and oxygen atoms in total. The zero-order valence-corrected chi connectivity index (χ0v) is 14.5. The summed E-state index contributed by atoms with van der Waals surface area (Å²) in [7, 11) is 0. The number of aromatic nitrogens is 4. The van der Waals surface area contributed by atoms with Crippen LogP contribution in [0.4, 0.5) is 4.39 Å². The van der Waals surface area contributed by atoms with Gasteiger partial charge in [-0.25, -0.2) is 23.3 Å². The lowest BCUT2D eigenvalue weighted by Crippen LogP contribution is -2.19. The van der Waals surface area contributed by atoms with Crippen LogP contribution in [0.3, 0.4) is 0 Å². The van der Waals surface area contributed by atoms with E-state index in [2.05, 4.69) is 15.4 Å². The molecule has 0 atom stereocenters. The fourth-order valence-corrected chi connectivity index (χ4v) is 2.14. The first kappa shape index (κ1) is 21.3. The van der Waals surface area contributed by atoms with E-state index in [-0.39, 0.29) is 18.9 Å². The Kier molecular flexibility index (Phi) is 7.92. The van der Waals surface area contributed by atoms with Gasteiger partial charge in [0, 0.05) is 19.3 Å². The lowest BCUT2D eigenvalue weighted by molar-refractivity contribution is -0.109. The van der Waals surface area contributed by atoms with Crippen molar-refractivity contribution in [2.45, 2.75) is 34.4 Å². The molecule has 0 fully saturated rings. The summed E-state index contributed by atoms with van der Waals surface area (Å²) < 4.78 is 15.5. The molecule has 0 saturated carbocycles. The van der Waals surface area contributed by atoms with Crippen molar-refractivity contribution < 1.29 is 9.18 Å². The smallest absolute Gasteiger partial charge is 0.351 e. The van der Waals surface area contributed by atoms with Gasteiger partial charge in [0.1, 0.15) is 5.82 Å². The fourth-order valence-electron chi connectivity index (χ4n) is 2.00. The van der Waals surface area contributed by atoms with Gasteiger partial charge >= 0.3 is 5.69 Å². The molecular formula is C17H21ClFN5O2. The molecule has 9 heteroatoms. The first-order valence-corrected chi connectivity index (χ1v) is 7.86. The van der Waals surface area contributed by atoms with Crippen LogP contribution in [0.2, 0.25) is 5.02 Å². The van der Waals surface area contributed by atoms with Crippen molar-refractivity contribution in [2.75, 3.05) is 0 Å². The molecule has 0 bridgehead atoms. The molecule has 3 rings (SSSR count). The van der Waals surface area contributed by atoms with E-state index in [4.69, 9.17) is 11.6 Å². The number of halogens is 2. The highest BCUT2D eigenvalue weighted by Gasteiger charge is 2.05. The van der Waals surface area contributed by atoms with Crippen molar-refractivity contribution >= 4 is 23.8 Å². The van der Waals surface area contributed by atoms with E-state index in [1.165, 1.54) is 27.5 Å². The summed E-state index contributed by atoms with van der Waals surface area (Å²) in [6.45, 7) is 4.45. The minimum Gasteiger partial charge on any atom is -0.355 e. The Morgan fingerprint density at radius 3 is 2.73 bits per heavy atom.